The Bertz CT molecular complexity index is 1190. The van der Waals surface area contributed by atoms with Crippen LogP contribution < -0.4 is 16.4 Å². The molecule has 0 fully saturated rings. The Labute approximate surface area is 180 Å². The van der Waals surface area contributed by atoms with Crippen LogP contribution in [-0.2, 0) is 16.0 Å². The normalized spacial score (nSPS) is 11.6. The fraction of sp³-hybridized carbons (Fsp3) is 0.130. The van der Waals surface area contributed by atoms with Crippen LogP contribution in [0.3, 0.4) is 0 Å². The molecule has 1 heterocycles. The third-order valence-corrected chi connectivity index (χ3v) is 4.95. The summed E-state index contributed by atoms with van der Waals surface area (Å²) in [4.78, 5) is 28.1. The zero-order chi connectivity index (χ0) is 20.2. The highest BCUT2D eigenvalue weighted by Crippen LogP contribution is 2.21. The summed E-state index contributed by atoms with van der Waals surface area (Å²) in [5.41, 5.74) is 8.07. The molecule has 0 aliphatic carbocycles. The Hall–Kier alpha value is -3.35. The highest BCUT2D eigenvalue weighted by atomic mass is 35.5. The topological polar surface area (TPSA) is 100 Å². The lowest BCUT2D eigenvalue weighted by molar-refractivity contribution is -0.125. The maximum atomic E-state index is 13.0. The molecule has 2 amide bonds. The lowest BCUT2D eigenvalue weighted by atomic mass is 10.0. The molecular weight excluding hydrogens is 400 g/mol. The fourth-order valence-corrected chi connectivity index (χ4v) is 3.48. The van der Waals surface area contributed by atoms with Crippen LogP contribution in [0.2, 0.25) is 0 Å². The van der Waals surface area contributed by atoms with Gasteiger partial charge in [-0.15, -0.1) is 12.4 Å². The van der Waals surface area contributed by atoms with Crippen LogP contribution in [-0.4, -0.2) is 29.4 Å². The van der Waals surface area contributed by atoms with Crippen molar-refractivity contribution in [3.8, 4) is 0 Å². The van der Waals surface area contributed by atoms with Gasteiger partial charge in [-0.2, -0.15) is 0 Å². The molecule has 4 aromatic rings. The molecule has 0 saturated carbocycles. The molecule has 6 nitrogen and oxygen atoms in total. The first-order valence-corrected chi connectivity index (χ1v) is 9.48. The molecule has 1 unspecified atom stereocenters. The Morgan fingerprint density at radius 2 is 1.70 bits per heavy atom. The molecule has 0 radical (unpaired) electrons. The summed E-state index contributed by atoms with van der Waals surface area (Å²) in [5, 5.41) is 8.81. The molecule has 5 N–H and O–H groups in total. The Balaban J connectivity index is 0.00000256. The van der Waals surface area contributed by atoms with Crippen LogP contribution in [0.1, 0.15) is 5.56 Å². The van der Waals surface area contributed by atoms with Crippen molar-refractivity contribution in [1.82, 2.24) is 10.3 Å². The number of rotatable bonds is 6. The minimum absolute atomic E-state index is 0. The van der Waals surface area contributed by atoms with E-state index in [4.69, 9.17) is 5.73 Å². The first kappa shape index (κ1) is 21.4. The predicted octanol–water partition coefficient (Wildman–Crippen LogP) is 3.37. The summed E-state index contributed by atoms with van der Waals surface area (Å²) in [6.07, 6.45) is 2.23. The SMILES string of the molecule is Cl.NCC(=O)NC(Cc1c[nH]c2ccccc12)C(=O)Nc1ccc2ccccc2c1. The summed E-state index contributed by atoms with van der Waals surface area (Å²) >= 11 is 0. The van der Waals surface area contributed by atoms with E-state index < -0.39 is 6.04 Å². The average molecular weight is 423 g/mol. The fourth-order valence-electron chi connectivity index (χ4n) is 3.48. The average Bonchev–Trinajstić information content (AvgIpc) is 3.16. The van der Waals surface area contributed by atoms with Crippen LogP contribution >= 0.6 is 12.4 Å². The van der Waals surface area contributed by atoms with Crippen molar-refractivity contribution >= 4 is 51.6 Å². The second-order valence-corrected chi connectivity index (χ2v) is 6.94. The monoisotopic (exact) mass is 422 g/mol. The van der Waals surface area contributed by atoms with E-state index in [1.54, 1.807) is 0 Å². The van der Waals surface area contributed by atoms with Crippen LogP contribution in [0.15, 0.2) is 72.9 Å². The van der Waals surface area contributed by atoms with Gasteiger partial charge in [-0.05, 0) is 34.5 Å². The summed E-state index contributed by atoms with van der Waals surface area (Å²) in [6, 6.07) is 20.8. The molecule has 3 aromatic carbocycles. The van der Waals surface area contributed by atoms with Gasteiger partial charge in [0, 0.05) is 29.2 Å². The zero-order valence-electron chi connectivity index (χ0n) is 16.2. The van der Waals surface area contributed by atoms with E-state index in [2.05, 4.69) is 15.6 Å². The number of aromatic nitrogens is 1. The van der Waals surface area contributed by atoms with Gasteiger partial charge in [-0.3, -0.25) is 9.59 Å². The van der Waals surface area contributed by atoms with Gasteiger partial charge >= 0.3 is 0 Å². The summed E-state index contributed by atoms with van der Waals surface area (Å²) in [6.45, 7) is -0.173. The standard InChI is InChI=1S/C23H22N4O2.ClH/c24-13-22(28)27-21(12-17-14-25-20-8-4-3-7-19(17)20)23(29)26-18-10-9-15-5-1-2-6-16(15)11-18;/h1-11,14,21,25H,12-13,24H2,(H,26,29)(H,27,28);1H. The number of fused-ring (bicyclic) bond motifs is 2. The smallest absolute Gasteiger partial charge is 0.247 e. The molecule has 0 saturated heterocycles. The van der Waals surface area contributed by atoms with Gasteiger partial charge in [0.25, 0.3) is 0 Å². The second kappa shape index (κ2) is 9.43. The number of hydrogen-bond donors (Lipinski definition) is 4. The number of anilines is 1. The van der Waals surface area contributed by atoms with Crippen LogP contribution in [0, 0.1) is 0 Å². The van der Waals surface area contributed by atoms with Gasteiger partial charge in [-0.1, -0.05) is 48.5 Å². The number of carbonyl (C=O) groups is 2. The number of hydrogen-bond acceptors (Lipinski definition) is 3. The maximum Gasteiger partial charge on any atom is 0.247 e. The molecular formula is C23H23ClN4O2. The quantitative estimate of drug-likeness (QED) is 0.383. The summed E-state index contributed by atoms with van der Waals surface area (Å²) < 4.78 is 0. The minimum Gasteiger partial charge on any atom is -0.361 e. The number of aromatic amines is 1. The van der Waals surface area contributed by atoms with Gasteiger partial charge in [0.05, 0.1) is 6.54 Å². The molecule has 0 aliphatic rings. The van der Waals surface area contributed by atoms with Crippen LogP contribution in [0.25, 0.3) is 21.7 Å². The lowest BCUT2D eigenvalue weighted by Gasteiger charge is -2.18. The first-order chi connectivity index (χ1) is 14.1. The number of H-pyrrole nitrogens is 1. The van der Waals surface area contributed by atoms with Gasteiger partial charge in [-0.25, -0.2) is 0 Å². The number of carbonyl (C=O) groups excluding carboxylic acids is 2. The van der Waals surface area contributed by atoms with Crippen molar-refractivity contribution in [3.05, 3.63) is 78.5 Å². The maximum absolute atomic E-state index is 13.0. The molecule has 1 aromatic heterocycles. The van der Waals surface area contributed by atoms with Crippen molar-refractivity contribution in [3.63, 3.8) is 0 Å². The van der Waals surface area contributed by atoms with E-state index >= 15 is 0 Å². The van der Waals surface area contributed by atoms with Crippen LogP contribution in [0.5, 0.6) is 0 Å². The molecule has 0 bridgehead atoms. The number of halogens is 1. The van der Waals surface area contributed by atoms with E-state index in [0.29, 0.717) is 12.1 Å². The molecule has 0 aliphatic heterocycles. The van der Waals surface area contributed by atoms with Crippen molar-refractivity contribution in [2.45, 2.75) is 12.5 Å². The predicted molar refractivity (Wildman–Crippen MR) is 123 cm³/mol. The zero-order valence-corrected chi connectivity index (χ0v) is 17.0. The van der Waals surface area contributed by atoms with Crippen molar-refractivity contribution in [2.24, 2.45) is 5.73 Å². The molecule has 0 spiro atoms. The molecule has 154 valence electrons. The van der Waals surface area contributed by atoms with Gasteiger partial charge in [0.1, 0.15) is 6.04 Å². The third kappa shape index (κ3) is 4.62. The number of benzene rings is 3. The summed E-state index contributed by atoms with van der Waals surface area (Å²) in [7, 11) is 0. The van der Waals surface area contributed by atoms with E-state index in [-0.39, 0.29) is 30.8 Å². The minimum atomic E-state index is -0.739. The number of nitrogens with two attached hydrogens (primary N) is 1. The second-order valence-electron chi connectivity index (χ2n) is 6.94. The molecule has 7 heteroatoms. The number of amides is 2. The Morgan fingerprint density at radius 3 is 2.50 bits per heavy atom. The van der Waals surface area contributed by atoms with E-state index in [1.807, 2.05) is 72.9 Å². The lowest BCUT2D eigenvalue weighted by Crippen LogP contribution is -2.47. The van der Waals surface area contributed by atoms with Gasteiger partial charge in [0.2, 0.25) is 11.8 Å². The highest BCUT2D eigenvalue weighted by molar-refractivity contribution is 5.99. The van der Waals surface area contributed by atoms with E-state index in [0.717, 1.165) is 27.2 Å². The first-order valence-electron chi connectivity index (χ1n) is 9.48. The molecule has 4 rings (SSSR count). The van der Waals surface area contributed by atoms with Gasteiger partial charge < -0.3 is 21.4 Å². The Morgan fingerprint density at radius 1 is 0.967 bits per heavy atom. The third-order valence-electron chi connectivity index (χ3n) is 4.95. The van der Waals surface area contributed by atoms with E-state index in [1.165, 1.54) is 0 Å². The van der Waals surface area contributed by atoms with Gasteiger partial charge in [0.15, 0.2) is 0 Å². The van der Waals surface area contributed by atoms with Crippen molar-refractivity contribution in [1.29, 1.82) is 0 Å². The number of para-hydroxylation sites is 1. The van der Waals surface area contributed by atoms with E-state index in [9.17, 15) is 9.59 Å². The highest BCUT2D eigenvalue weighted by Gasteiger charge is 2.22. The molecule has 1 atom stereocenters. The van der Waals surface area contributed by atoms with Crippen molar-refractivity contribution < 1.29 is 9.59 Å². The van der Waals surface area contributed by atoms with Crippen molar-refractivity contribution in [2.75, 3.05) is 11.9 Å². The summed E-state index contributed by atoms with van der Waals surface area (Å²) in [5.74, 6) is -0.657. The largest absolute Gasteiger partial charge is 0.361 e. The number of nitrogens with one attached hydrogen (secondary N) is 3. The molecule has 30 heavy (non-hydrogen) atoms. The van der Waals surface area contributed by atoms with Crippen LogP contribution in [0.4, 0.5) is 5.69 Å². The Kier molecular flexibility index (Phi) is 6.72.